The van der Waals surface area contributed by atoms with Gasteiger partial charge in [-0.25, -0.2) is 13.1 Å². The molecule has 1 heterocycles. The molecule has 1 saturated heterocycles. The fourth-order valence-corrected chi connectivity index (χ4v) is 2.80. The van der Waals surface area contributed by atoms with E-state index < -0.39 is 28.0 Å². The Labute approximate surface area is 86.3 Å². The van der Waals surface area contributed by atoms with E-state index in [-0.39, 0.29) is 6.54 Å². The second kappa shape index (κ2) is 4.67. The molecule has 1 atom stereocenters. The molecule has 1 unspecified atom stereocenters. The Hall–Kier alpha value is -0.340. The Morgan fingerprint density at radius 1 is 1.40 bits per heavy atom. The molecule has 0 saturated carbocycles. The van der Waals surface area contributed by atoms with Crippen LogP contribution in [0.25, 0.3) is 0 Å². The van der Waals surface area contributed by atoms with Gasteiger partial charge in [-0.2, -0.15) is 13.2 Å². The number of halogens is 3. The predicted octanol–water partition coefficient (Wildman–Crippen LogP) is 0.220. The molecule has 4 nitrogen and oxygen atoms in total. The van der Waals surface area contributed by atoms with E-state index in [1.807, 2.05) is 0 Å². The van der Waals surface area contributed by atoms with Crippen molar-refractivity contribution in [2.75, 3.05) is 19.6 Å². The van der Waals surface area contributed by atoms with Gasteiger partial charge in [0.2, 0.25) is 10.0 Å². The summed E-state index contributed by atoms with van der Waals surface area (Å²) >= 11 is 0. The van der Waals surface area contributed by atoms with Crippen LogP contribution in [0.15, 0.2) is 0 Å². The number of nitrogens with one attached hydrogen (secondary N) is 2. The van der Waals surface area contributed by atoms with Gasteiger partial charge in [0, 0.05) is 6.54 Å². The lowest BCUT2D eigenvalue weighted by Gasteiger charge is -2.23. The molecule has 1 aliphatic heterocycles. The normalized spacial score (nSPS) is 24.1. The van der Waals surface area contributed by atoms with Gasteiger partial charge in [0.25, 0.3) is 0 Å². The molecule has 0 amide bonds. The monoisotopic (exact) mass is 246 g/mol. The standard InChI is InChI=1S/C7H13F3N2O2S/c8-7(9,10)5-12-15(13,14)6-2-1-3-11-4-6/h6,11-12H,1-5H2. The number of rotatable bonds is 3. The van der Waals surface area contributed by atoms with E-state index in [2.05, 4.69) is 5.32 Å². The van der Waals surface area contributed by atoms with Gasteiger partial charge < -0.3 is 5.32 Å². The molecule has 0 aromatic heterocycles. The van der Waals surface area contributed by atoms with Crippen LogP contribution >= 0.6 is 0 Å². The fourth-order valence-electron chi connectivity index (χ4n) is 1.38. The van der Waals surface area contributed by atoms with E-state index in [0.717, 1.165) is 0 Å². The van der Waals surface area contributed by atoms with Crippen LogP contribution in [0.3, 0.4) is 0 Å². The zero-order chi connectivity index (χ0) is 11.5. The zero-order valence-electron chi connectivity index (χ0n) is 7.97. The van der Waals surface area contributed by atoms with Crippen LogP contribution in [-0.2, 0) is 10.0 Å². The van der Waals surface area contributed by atoms with Crippen molar-refractivity contribution < 1.29 is 21.6 Å². The number of alkyl halides is 3. The van der Waals surface area contributed by atoms with Crippen molar-refractivity contribution in [2.24, 2.45) is 0 Å². The summed E-state index contributed by atoms with van der Waals surface area (Å²) in [6, 6.07) is 0. The first-order chi connectivity index (χ1) is 6.81. The highest BCUT2D eigenvalue weighted by Crippen LogP contribution is 2.15. The quantitative estimate of drug-likeness (QED) is 0.749. The Morgan fingerprint density at radius 3 is 2.53 bits per heavy atom. The Balaban J connectivity index is 2.51. The van der Waals surface area contributed by atoms with Crippen molar-refractivity contribution in [1.29, 1.82) is 0 Å². The average molecular weight is 246 g/mol. The maximum Gasteiger partial charge on any atom is 0.402 e. The minimum atomic E-state index is -4.50. The molecule has 0 aromatic carbocycles. The molecule has 0 radical (unpaired) electrons. The van der Waals surface area contributed by atoms with Crippen molar-refractivity contribution in [3.8, 4) is 0 Å². The molecule has 0 bridgehead atoms. The zero-order valence-corrected chi connectivity index (χ0v) is 8.79. The number of sulfonamides is 1. The third-order valence-electron chi connectivity index (χ3n) is 2.16. The van der Waals surface area contributed by atoms with Crippen LogP contribution in [0.2, 0.25) is 0 Å². The van der Waals surface area contributed by atoms with Gasteiger partial charge in [0.1, 0.15) is 6.54 Å². The second-order valence-electron chi connectivity index (χ2n) is 3.45. The number of hydrogen-bond donors (Lipinski definition) is 2. The van der Waals surface area contributed by atoms with E-state index in [1.54, 1.807) is 4.72 Å². The predicted molar refractivity (Wildman–Crippen MR) is 48.9 cm³/mol. The van der Waals surface area contributed by atoms with Gasteiger partial charge in [0.05, 0.1) is 5.25 Å². The number of piperidine rings is 1. The largest absolute Gasteiger partial charge is 0.402 e. The van der Waals surface area contributed by atoms with E-state index in [9.17, 15) is 21.6 Å². The summed E-state index contributed by atoms with van der Waals surface area (Å²) in [5, 5.41) is 2.08. The van der Waals surface area contributed by atoms with Crippen LogP contribution in [0.1, 0.15) is 12.8 Å². The smallest absolute Gasteiger partial charge is 0.315 e. The highest BCUT2D eigenvalue weighted by atomic mass is 32.2. The van der Waals surface area contributed by atoms with Gasteiger partial charge in [-0.1, -0.05) is 0 Å². The minimum absolute atomic E-state index is 0.215. The molecule has 0 spiro atoms. The summed E-state index contributed by atoms with van der Waals surface area (Å²) < 4.78 is 59.8. The van der Waals surface area contributed by atoms with Gasteiger partial charge in [-0.15, -0.1) is 0 Å². The first kappa shape index (κ1) is 12.7. The van der Waals surface area contributed by atoms with Crippen molar-refractivity contribution in [3.63, 3.8) is 0 Å². The van der Waals surface area contributed by atoms with E-state index in [0.29, 0.717) is 19.4 Å². The van der Waals surface area contributed by atoms with Crippen molar-refractivity contribution >= 4 is 10.0 Å². The Bertz CT molecular complexity index is 296. The lowest BCUT2D eigenvalue weighted by Crippen LogP contribution is -2.46. The molecule has 2 N–H and O–H groups in total. The lowest BCUT2D eigenvalue weighted by molar-refractivity contribution is -0.121. The summed E-state index contributed by atoms with van der Waals surface area (Å²) in [6.07, 6.45) is -3.44. The minimum Gasteiger partial charge on any atom is -0.315 e. The SMILES string of the molecule is O=S(=O)(NCC(F)(F)F)C1CCCNC1. The van der Waals surface area contributed by atoms with Crippen molar-refractivity contribution in [1.82, 2.24) is 10.0 Å². The van der Waals surface area contributed by atoms with Crippen LogP contribution in [0.5, 0.6) is 0 Å². The summed E-state index contributed by atoms with van der Waals surface area (Å²) in [7, 11) is -3.85. The third kappa shape index (κ3) is 4.35. The van der Waals surface area contributed by atoms with Crippen LogP contribution < -0.4 is 10.0 Å². The molecule has 8 heteroatoms. The molecule has 90 valence electrons. The first-order valence-corrected chi connectivity index (χ1v) is 6.12. The molecule has 0 aliphatic carbocycles. The molecular weight excluding hydrogens is 233 g/mol. The summed E-state index contributed by atoms with van der Waals surface area (Å²) in [5.41, 5.74) is 0. The average Bonchev–Trinajstić information content (AvgIpc) is 2.16. The topological polar surface area (TPSA) is 58.2 Å². The molecule has 1 rings (SSSR count). The van der Waals surface area contributed by atoms with Crippen LogP contribution in [0.4, 0.5) is 13.2 Å². The molecule has 15 heavy (non-hydrogen) atoms. The van der Waals surface area contributed by atoms with Gasteiger partial charge in [-0.05, 0) is 19.4 Å². The molecule has 1 aliphatic rings. The van der Waals surface area contributed by atoms with Crippen molar-refractivity contribution in [2.45, 2.75) is 24.3 Å². The van der Waals surface area contributed by atoms with Gasteiger partial charge in [-0.3, -0.25) is 0 Å². The lowest BCUT2D eigenvalue weighted by atomic mass is 10.2. The highest BCUT2D eigenvalue weighted by molar-refractivity contribution is 7.90. The Morgan fingerprint density at radius 2 is 2.07 bits per heavy atom. The van der Waals surface area contributed by atoms with E-state index >= 15 is 0 Å². The van der Waals surface area contributed by atoms with Gasteiger partial charge >= 0.3 is 6.18 Å². The van der Waals surface area contributed by atoms with Gasteiger partial charge in [0.15, 0.2) is 0 Å². The Kier molecular flexibility index (Phi) is 3.96. The molecule has 0 aromatic rings. The maximum atomic E-state index is 11.8. The summed E-state index contributed by atoms with van der Waals surface area (Å²) in [5.74, 6) is 0. The number of hydrogen-bond acceptors (Lipinski definition) is 3. The molecule has 1 fully saturated rings. The first-order valence-electron chi connectivity index (χ1n) is 4.57. The van der Waals surface area contributed by atoms with Crippen LogP contribution in [0, 0.1) is 0 Å². The molecular formula is C7H13F3N2O2S. The summed E-state index contributed by atoms with van der Waals surface area (Å²) in [4.78, 5) is 0. The van der Waals surface area contributed by atoms with E-state index in [1.165, 1.54) is 0 Å². The highest BCUT2D eigenvalue weighted by Gasteiger charge is 2.33. The van der Waals surface area contributed by atoms with Crippen molar-refractivity contribution in [3.05, 3.63) is 0 Å². The van der Waals surface area contributed by atoms with Crippen LogP contribution in [-0.4, -0.2) is 39.5 Å². The maximum absolute atomic E-state index is 11.8. The van der Waals surface area contributed by atoms with E-state index in [4.69, 9.17) is 0 Å². The third-order valence-corrected chi connectivity index (χ3v) is 3.99. The fraction of sp³-hybridized carbons (Fsp3) is 1.00. The second-order valence-corrected chi connectivity index (χ2v) is 5.50. The summed E-state index contributed by atoms with van der Waals surface area (Å²) in [6.45, 7) is -0.565.